The van der Waals surface area contributed by atoms with E-state index in [2.05, 4.69) is 30.3 Å². The predicted octanol–water partition coefficient (Wildman–Crippen LogP) is 3.51. The van der Waals surface area contributed by atoms with Gasteiger partial charge in [-0.25, -0.2) is 0 Å². The van der Waals surface area contributed by atoms with E-state index in [1.807, 2.05) is 12.1 Å². The molecular formula is C20H16O2. The Bertz CT molecular complexity index is 969. The van der Waals surface area contributed by atoms with Crippen LogP contribution in [0.1, 0.15) is 28.4 Å². The van der Waals surface area contributed by atoms with Crippen LogP contribution in [0, 0.1) is 0 Å². The highest BCUT2D eigenvalue weighted by atomic mass is 16.3. The molecule has 22 heavy (non-hydrogen) atoms. The van der Waals surface area contributed by atoms with Gasteiger partial charge in [-0.1, -0.05) is 42.5 Å². The van der Waals surface area contributed by atoms with Crippen molar-refractivity contribution >= 4 is 27.6 Å². The molecule has 3 aromatic carbocycles. The van der Waals surface area contributed by atoms with Crippen LogP contribution in [0.3, 0.4) is 0 Å². The lowest BCUT2D eigenvalue weighted by Crippen LogP contribution is -2.19. The summed E-state index contributed by atoms with van der Waals surface area (Å²) in [6, 6.07) is 12.8. The molecule has 0 aliphatic heterocycles. The minimum Gasteiger partial charge on any atom is -0.386 e. The standard InChI is InChI=1S/C20H16O2/c21-18-9-8-14-16(20(18)22)7-6-13-15-5-4-11-2-1-3-12(19(11)15)10-17(13)14/h1-3,6-10,18,20-22H,4-5H2/t18-,20-/m0/s1. The Morgan fingerprint density at radius 3 is 2.77 bits per heavy atom. The lowest BCUT2D eigenvalue weighted by atomic mass is 9.86. The van der Waals surface area contributed by atoms with E-state index in [9.17, 15) is 10.2 Å². The van der Waals surface area contributed by atoms with Gasteiger partial charge in [0.05, 0.1) is 0 Å². The van der Waals surface area contributed by atoms with Crippen LogP contribution in [0.5, 0.6) is 0 Å². The molecule has 0 heterocycles. The van der Waals surface area contributed by atoms with Crippen molar-refractivity contribution in [3.05, 3.63) is 64.7 Å². The number of rotatable bonds is 0. The molecule has 3 aromatic rings. The molecule has 0 radical (unpaired) electrons. The maximum atomic E-state index is 10.2. The monoisotopic (exact) mass is 288 g/mol. The second kappa shape index (κ2) is 4.19. The summed E-state index contributed by atoms with van der Waals surface area (Å²) in [5, 5.41) is 25.2. The van der Waals surface area contributed by atoms with Crippen molar-refractivity contribution in [2.75, 3.05) is 0 Å². The molecule has 5 rings (SSSR count). The van der Waals surface area contributed by atoms with Crippen molar-refractivity contribution in [3.63, 3.8) is 0 Å². The van der Waals surface area contributed by atoms with Crippen molar-refractivity contribution in [2.45, 2.75) is 25.0 Å². The summed E-state index contributed by atoms with van der Waals surface area (Å²) in [6.45, 7) is 0. The zero-order chi connectivity index (χ0) is 14.8. The zero-order valence-corrected chi connectivity index (χ0v) is 12.1. The van der Waals surface area contributed by atoms with Gasteiger partial charge in [0, 0.05) is 0 Å². The number of benzene rings is 3. The van der Waals surface area contributed by atoms with E-state index in [4.69, 9.17) is 0 Å². The van der Waals surface area contributed by atoms with E-state index in [0.717, 1.165) is 24.0 Å². The second-order valence-corrected chi connectivity index (χ2v) is 6.33. The fourth-order valence-corrected chi connectivity index (χ4v) is 4.13. The normalized spacial score (nSPS) is 22.5. The first kappa shape index (κ1) is 12.4. The zero-order valence-electron chi connectivity index (χ0n) is 12.1. The lowest BCUT2D eigenvalue weighted by molar-refractivity contribution is 0.0471. The van der Waals surface area contributed by atoms with Crippen molar-refractivity contribution in [1.82, 2.24) is 0 Å². The Morgan fingerprint density at radius 1 is 0.955 bits per heavy atom. The highest BCUT2D eigenvalue weighted by Gasteiger charge is 2.25. The molecule has 0 bridgehead atoms. The van der Waals surface area contributed by atoms with Gasteiger partial charge >= 0.3 is 0 Å². The Morgan fingerprint density at radius 2 is 1.86 bits per heavy atom. The summed E-state index contributed by atoms with van der Waals surface area (Å²) in [7, 11) is 0. The van der Waals surface area contributed by atoms with Crippen LogP contribution >= 0.6 is 0 Å². The van der Waals surface area contributed by atoms with E-state index in [-0.39, 0.29) is 0 Å². The van der Waals surface area contributed by atoms with Gasteiger partial charge in [-0.3, -0.25) is 0 Å². The molecule has 0 unspecified atom stereocenters. The van der Waals surface area contributed by atoms with Crippen LogP contribution in [0.25, 0.3) is 27.6 Å². The smallest absolute Gasteiger partial charge is 0.109 e. The summed E-state index contributed by atoms with van der Waals surface area (Å²) in [5.41, 5.74) is 4.74. The summed E-state index contributed by atoms with van der Waals surface area (Å²) < 4.78 is 0. The number of aryl methyl sites for hydroxylation is 2. The van der Waals surface area contributed by atoms with Crippen molar-refractivity contribution in [2.24, 2.45) is 0 Å². The minimum absolute atomic E-state index is 0.813. The largest absolute Gasteiger partial charge is 0.386 e. The van der Waals surface area contributed by atoms with Gasteiger partial charge < -0.3 is 10.2 Å². The molecule has 2 aliphatic rings. The molecule has 0 saturated carbocycles. The molecule has 0 aromatic heterocycles. The number of aliphatic hydroxyl groups excluding tert-OH is 2. The van der Waals surface area contributed by atoms with Crippen molar-refractivity contribution < 1.29 is 10.2 Å². The first-order valence-electron chi connectivity index (χ1n) is 7.78. The van der Waals surface area contributed by atoms with Gasteiger partial charge in [-0.15, -0.1) is 0 Å². The Kier molecular flexibility index (Phi) is 2.36. The summed E-state index contributed by atoms with van der Waals surface area (Å²) in [4.78, 5) is 0. The quantitative estimate of drug-likeness (QED) is 0.621. The molecule has 0 fully saturated rings. The van der Waals surface area contributed by atoms with Gasteiger partial charge in [0.25, 0.3) is 0 Å². The molecule has 2 atom stereocenters. The number of hydrogen-bond donors (Lipinski definition) is 2. The third-order valence-corrected chi connectivity index (χ3v) is 5.18. The molecular weight excluding hydrogens is 272 g/mol. The fraction of sp³-hybridized carbons (Fsp3) is 0.200. The molecule has 108 valence electrons. The van der Waals surface area contributed by atoms with Crippen LogP contribution in [0.15, 0.2) is 42.5 Å². The van der Waals surface area contributed by atoms with E-state index in [0.29, 0.717) is 0 Å². The predicted molar refractivity (Wildman–Crippen MR) is 88.9 cm³/mol. The minimum atomic E-state index is -0.833. The number of fused-ring (bicyclic) bond motifs is 4. The molecule has 2 N–H and O–H groups in total. The maximum absolute atomic E-state index is 10.2. The first-order chi connectivity index (χ1) is 10.7. The molecule has 0 spiro atoms. The van der Waals surface area contributed by atoms with Crippen LogP contribution in [-0.2, 0) is 12.8 Å². The van der Waals surface area contributed by atoms with E-state index in [1.165, 1.54) is 32.7 Å². The molecule has 2 aliphatic carbocycles. The Labute approximate surface area is 128 Å². The van der Waals surface area contributed by atoms with Crippen LogP contribution in [-0.4, -0.2) is 16.3 Å². The average molecular weight is 288 g/mol. The summed E-state index contributed by atoms with van der Waals surface area (Å²) in [5.74, 6) is 0. The van der Waals surface area contributed by atoms with Gasteiger partial charge in [-0.05, 0) is 62.7 Å². The first-order valence-corrected chi connectivity index (χ1v) is 7.78. The SMILES string of the molecule is O[C@H]1C=Cc2c(ccc3c4c5c(cccc5cc23)CC4)[C@@H]1O. The van der Waals surface area contributed by atoms with E-state index in [1.54, 1.807) is 6.08 Å². The number of aliphatic hydroxyl groups is 2. The maximum Gasteiger partial charge on any atom is 0.109 e. The highest BCUT2D eigenvalue weighted by Crippen LogP contribution is 2.40. The Balaban J connectivity index is 1.95. The molecule has 0 amide bonds. The van der Waals surface area contributed by atoms with Gasteiger partial charge in [0.1, 0.15) is 12.2 Å². The average Bonchev–Trinajstić information content (AvgIpc) is 2.97. The van der Waals surface area contributed by atoms with Gasteiger partial charge in [0.2, 0.25) is 0 Å². The van der Waals surface area contributed by atoms with Crippen molar-refractivity contribution in [3.8, 4) is 0 Å². The van der Waals surface area contributed by atoms with Gasteiger partial charge in [-0.2, -0.15) is 0 Å². The molecule has 2 heteroatoms. The van der Waals surface area contributed by atoms with E-state index < -0.39 is 12.2 Å². The highest BCUT2D eigenvalue weighted by molar-refractivity contribution is 6.08. The lowest BCUT2D eigenvalue weighted by Gasteiger charge is -2.23. The summed E-state index contributed by atoms with van der Waals surface area (Å²) in [6.07, 6.45) is 4.19. The number of hydrogen-bond acceptors (Lipinski definition) is 2. The van der Waals surface area contributed by atoms with Gasteiger partial charge in [0.15, 0.2) is 0 Å². The topological polar surface area (TPSA) is 40.5 Å². The third kappa shape index (κ3) is 1.46. The van der Waals surface area contributed by atoms with Crippen LogP contribution < -0.4 is 0 Å². The van der Waals surface area contributed by atoms with Crippen LogP contribution in [0.2, 0.25) is 0 Å². The van der Waals surface area contributed by atoms with E-state index >= 15 is 0 Å². The molecule has 0 saturated heterocycles. The third-order valence-electron chi connectivity index (χ3n) is 5.18. The second-order valence-electron chi connectivity index (χ2n) is 6.33. The Hall–Kier alpha value is -2.16. The fourth-order valence-electron chi connectivity index (χ4n) is 4.13. The molecule has 2 nitrogen and oxygen atoms in total. The van der Waals surface area contributed by atoms with Crippen LogP contribution in [0.4, 0.5) is 0 Å². The summed E-state index contributed by atoms with van der Waals surface area (Å²) >= 11 is 0. The van der Waals surface area contributed by atoms with Crippen molar-refractivity contribution in [1.29, 1.82) is 0 Å².